The molecule has 23 heavy (non-hydrogen) atoms. The third-order valence-electron chi connectivity index (χ3n) is 3.71. The number of nitrogens with one attached hydrogen (secondary N) is 2. The van der Waals surface area contributed by atoms with Gasteiger partial charge in [-0.1, -0.05) is 12.1 Å². The van der Waals surface area contributed by atoms with Crippen LogP contribution in [0.25, 0.3) is 0 Å². The molecule has 1 aromatic carbocycles. The summed E-state index contributed by atoms with van der Waals surface area (Å²) >= 11 is 0. The van der Waals surface area contributed by atoms with E-state index in [9.17, 15) is 13.2 Å². The van der Waals surface area contributed by atoms with Gasteiger partial charge in [0.2, 0.25) is 0 Å². The second-order valence-electron chi connectivity index (χ2n) is 5.48. The number of rotatable bonds is 5. The number of hydrogen-bond donors (Lipinski definition) is 2. The van der Waals surface area contributed by atoms with E-state index >= 15 is 0 Å². The molecule has 2 amide bonds. The predicted octanol–water partition coefficient (Wildman–Crippen LogP) is 1.74. The molecule has 0 aliphatic rings. The fourth-order valence-corrected chi connectivity index (χ4v) is 2.75. The van der Waals surface area contributed by atoms with Crippen LogP contribution in [0.5, 0.6) is 0 Å². The Bertz CT molecular complexity index is 792. The number of benzene rings is 1. The first-order chi connectivity index (χ1) is 10.8. The smallest absolute Gasteiger partial charge is 0.315 e. The van der Waals surface area contributed by atoms with Gasteiger partial charge in [0.15, 0.2) is 9.84 Å². The second kappa shape index (κ2) is 6.87. The third kappa shape index (κ3) is 4.59. The zero-order valence-electron chi connectivity index (χ0n) is 13.5. The summed E-state index contributed by atoms with van der Waals surface area (Å²) in [6.45, 7) is 2.79. The largest absolute Gasteiger partial charge is 0.350 e. The molecule has 0 bridgehead atoms. The van der Waals surface area contributed by atoms with Crippen molar-refractivity contribution in [1.82, 2.24) is 15.2 Å². The molecule has 124 valence electrons. The highest BCUT2D eigenvalue weighted by molar-refractivity contribution is 7.90. The van der Waals surface area contributed by atoms with Crippen molar-refractivity contribution in [3.63, 3.8) is 0 Å². The van der Waals surface area contributed by atoms with Gasteiger partial charge in [-0.05, 0) is 36.8 Å². The fraction of sp³-hybridized carbons (Fsp3) is 0.312. The Labute approximate surface area is 136 Å². The highest BCUT2D eigenvalue weighted by atomic mass is 32.2. The molecule has 2 aromatic rings. The summed E-state index contributed by atoms with van der Waals surface area (Å²) < 4.78 is 24.8. The summed E-state index contributed by atoms with van der Waals surface area (Å²) in [6, 6.07) is 10.2. The van der Waals surface area contributed by atoms with Crippen molar-refractivity contribution >= 4 is 15.9 Å². The Morgan fingerprint density at radius 3 is 2.17 bits per heavy atom. The quantitative estimate of drug-likeness (QED) is 0.873. The van der Waals surface area contributed by atoms with E-state index in [-0.39, 0.29) is 10.9 Å². The monoisotopic (exact) mass is 335 g/mol. The van der Waals surface area contributed by atoms with Crippen LogP contribution in [0.1, 0.15) is 17.0 Å². The molecule has 1 aromatic heterocycles. The molecule has 2 rings (SSSR count). The van der Waals surface area contributed by atoms with Gasteiger partial charge < -0.3 is 15.2 Å². The zero-order valence-corrected chi connectivity index (χ0v) is 14.3. The number of sulfone groups is 1. The lowest BCUT2D eigenvalue weighted by atomic mass is 10.2. The molecule has 0 saturated heterocycles. The molecule has 0 spiro atoms. The molecular weight excluding hydrogens is 314 g/mol. The molecule has 2 N–H and O–H groups in total. The Balaban J connectivity index is 1.83. The van der Waals surface area contributed by atoms with Crippen molar-refractivity contribution in [3.8, 4) is 0 Å². The van der Waals surface area contributed by atoms with E-state index in [0.29, 0.717) is 13.1 Å². The molecule has 0 saturated carbocycles. The maximum atomic E-state index is 11.8. The van der Waals surface area contributed by atoms with Gasteiger partial charge in [0.05, 0.1) is 11.4 Å². The Morgan fingerprint density at radius 2 is 1.65 bits per heavy atom. The molecule has 6 nitrogen and oxygen atoms in total. The topological polar surface area (TPSA) is 80.2 Å². The number of urea groups is 1. The van der Waals surface area contributed by atoms with Crippen LogP contribution in [-0.2, 0) is 30.0 Å². The van der Waals surface area contributed by atoms with Crippen molar-refractivity contribution in [2.75, 3.05) is 6.26 Å². The van der Waals surface area contributed by atoms with Crippen LogP contribution in [0.15, 0.2) is 41.3 Å². The lowest BCUT2D eigenvalue weighted by Crippen LogP contribution is -2.35. The Morgan fingerprint density at radius 1 is 1.04 bits per heavy atom. The van der Waals surface area contributed by atoms with Crippen LogP contribution in [-0.4, -0.2) is 25.3 Å². The molecule has 0 fully saturated rings. The van der Waals surface area contributed by atoms with Crippen LogP contribution < -0.4 is 10.6 Å². The lowest BCUT2D eigenvalue weighted by molar-refractivity contribution is 0.240. The van der Waals surface area contributed by atoms with Crippen molar-refractivity contribution in [2.24, 2.45) is 7.05 Å². The average Bonchev–Trinajstić information content (AvgIpc) is 2.82. The predicted molar refractivity (Wildman–Crippen MR) is 88.8 cm³/mol. The summed E-state index contributed by atoms with van der Waals surface area (Å²) in [4.78, 5) is 12.1. The van der Waals surface area contributed by atoms with Crippen LogP contribution >= 0.6 is 0 Å². The first-order valence-corrected chi connectivity index (χ1v) is 9.08. The number of carbonyl (C=O) groups excluding carboxylic acids is 1. The molecule has 0 unspecified atom stereocenters. The van der Waals surface area contributed by atoms with Gasteiger partial charge in [-0.25, -0.2) is 13.2 Å². The Hall–Kier alpha value is -2.28. The van der Waals surface area contributed by atoms with Gasteiger partial charge in [-0.15, -0.1) is 0 Å². The van der Waals surface area contributed by atoms with Gasteiger partial charge in [-0.2, -0.15) is 0 Å². The minimum Gasteiger partial charge on any atom is -0.350 e. The third-order valence-corrected chi connectivity index (χ3v) is 4.84. The number of amides is 2. The van der Waals surface area contributed by atoms with Gasteiger partial charge in [0, 0.05) is 31.2 Å². The van der Waals surface area contributed by atoms with Crippen molar-refractivity contribution in [2.45, 2.75) is 24.9 Å². The zero-order chi connectivity index (χ0) is 17.0. The average molecular weight is 335 g/mol. The first kappa shape index (κ1) is 17.1. The standard InChI is InChI=1S/C16H21N3O3S/c1-12-4-7-14(19(12)2)11-18-16(20)17-10-13-5-8-15(9-6-13)23(3,21)22/h4-9H,10-11H2,1-3H3,(H2,17,18,20). The number of aromatic nitrogens is 1. The number of carbonyl (C=O) groups is 1. The van der Waals surface area contributed by atoms with E-state index in [0.717, 1.165) is 17.0 Å². The van der Waals surface area contributed by atoms with E-state index in [1.807, 2.05) is 30.7 Å². The fourth-order valence-electron chi connectivity index (χ4n) is 2.11. The summed E-state index contributed by atoms with van der Waals surface area (Å²) in [5.41, 5.74) is 2.99. The van der Waals surface area contributed by atoms with Crippen LogP contribution in [0, 0.1) is 6.92 Å². The summed E-state index contributed by atoms with van der Waals surface area (Å²) in [5, 5.41) is 5.54. The lowest BCUT2D eigenvalue weighted by Gasteiger charge is -2.09. The number of hydrogen-bond acceptors (Lipinski definition) is 3. The summed E-state index contributed by atoms with van der Waals surface area (Å²) in [7, 11) is -1.24. The minimum atomic E-state index is -3.19. The molecule has 0 aliphatic carbocycles. The van der Waals surface area contributed by atoms with Crippen LogP contribution in [0.3, 0.4) is 0 Å². The highest BCUT2D eigenvalue weighted by Gasteiger charge is 2.07. The SMILES string of the molecule is Cc1ccc(CNC(=O)NCc2ccc(S(C)(=O)=O)cc2)n1C. The van der Waals surface area contributed by atoms with Gasteiger partial charge in [0.1, 0.15) is 0 Å². The molecule has 0 radical (unpaired) electrons. The molecule has 0 aliphatic heterocycles. The normalized spacial score (nSPS) is 11.3. The van der Waals surface area contributed by atoms with Gasteiger partial charge in [-0.3, -0.25) is 0 Å². The van der Waals surface area contributed by atoms with Crippen LogP contribution in [0.2, 0.25) is 0 Å². The van der Waals surface area contributed by atoms with Gasteiger partial charge >= 0.3 is 6.03 Å². The molecule has 1 heterocycles. The highest BCUT2D eigenvalue weighted by Crippen LogP contribution is 2.10. The van der Waals surface area contributed by atoms with E-state index in [4.69, 9.17) is 0 Å². The molecule has 0 atom stereocenters. The minimum absolute atomic E-state index is 0.268. The van der Waals surface area contributed by atoms with E-state index in [1.165, 1.54) is 18.4 Å². The van der Waals surface area contributed by atoms with Gasteiger partial charge in [0.25, 0.3) is 0 Å². The Kier molecular flexibility index (Phi) is 5.10. The second-order valence-corrected chi connectivity index (χ2v) is 7.49. The van der Waals surface area contributed by atoms with E-state index in [2.05, 4.69) is 10.6 Å². The summed E-state index contributed by atoms with van der Waals surface area (Å²) in [6.07, 6.45) is 1.17. The number of nitrogens with zero attached hydrogens (tertiary/aromatic N) is 1. The van der Waals surface area contributed by atoms with Crippen molar-refractivity contribution in [1.29, 1.82) is 0 Å². The number of aryl methyl sites for hydroxylation is 1. The van der Waals surface area contributed by atoms with Crippen LogP contribution in [0.4, 0.5) is 4.79 Å². The maximum absolute atomic E-state index is 11.8. The van der Waals surface area contributed by atoms with Crippen molar-refractivity contribution < 1.29 is 13.2 Å². The van der Waals surface area contributed by atoms with Crippen molar-refractivity contribution in [3.05, 3.63) is 53.3 Å². The molecular formula is C16H21N3O3S. The van der Waals surface area contributed by atoms with E-state index in [1.54, 1.807) is 12.1 Å². The molecule has 7 heteroatoms. The first-order valence-electron chi connectivity index (χ1n) is 7.19. The summed E-state index contributed by atoms with van der Waals surface area (Å²) in [5.74, 6) is 0. The maximum Gasteiger partial charge on any atom is 0.315 e. The van der Waals surface area contributed by atoms with E-state index < -0.39 is 9.84 Å².